The topological polar surface area (TPSA) is 37.3 Å². The molecule has 1 saturated carbocycles. The van der Waals surface area contributed by atoms with E-state index in [1.165, 1.54) is 64.2 Å². The highest BCUT2D eigenvalue weighted by Crippen LogP contribution is 2.36. The van der Waals surface area contributed by atoms with Crippen molar-refractivity contribution in [2.45, 2.75) is 90.4 Å². The first-order valence-electron chi connectivity index (χ1n) is 10.2. The summed E-state index contributed by atoms with van der Waals surface area (Å²) in [4.78, 5) is 11.0. The third kappa shape index (κ3) is 8.70. The number of hydrogen-bond donors (Lipinski definition) is 1. The van der Waals surface area contributed by atoms with Crippen LogP contribution in [0.3, 0.4) is 0 Å². The minimum Gasteiger partial charge on any atom is -0.481 e. The molecule has 0 radical (unpaired) electrons. The van der Waals surface area contributed by atoms with Crippen LogP contribution in [-0.2, 0) is 4.79 Å². The summed E-state index contributed by atoms with van der Waals surface area (Å²) < 4.78 is 0. The molecule has 2 heteroatoms. The van der Waals surface area contributed by atoms with Crippen molar-refractivity contribution in [2.24, 2.45) is 17.8 Å². The molecule has 0 aromatic heterocycles. The number of carboxylic acids is 1. The van der Waals surface area contributed by atoms with Gasteiger partial charge in [0.2, 0.25) is 0 Å². The predicted octanol–water partition coefficient (Wildman–Crippen LogP) is 6.77. The first-order chi connectivity index (χ1) is 11.7. The molecule has 2 nitrogen and oxygen atoms in total. The first-order valence-corrected chi connectivity index (χ1v) is 10.2. The number of allylic oxidation sites excluding steroid dienone is 2. The van der Waals surface area contributed by atoms with Crippen LogP contribution in [0, 0.1) is 17.8 Å². The van der Waals surface area contributed by atoms with Crippen molar-refractivity contribution in [2.75, 3.05) is 0 Å². The molecule has 0 aromatic rings. The lowest BCUT2D eigenvalue weighted by atomic mass is 9.89. The SMILES string of the molecule is C=CC(CCCCC[C@H]1CCC[C@@H]1C=CCCCCCC)C(=O)O. The molecule has 3 atom stereocenters. The molecule has 0 heterocycles. The number of carboxylic acid groups (broad SMARTS) is 1. The first kappa shape index (κ1) is 21.0. The van der Waals surface area contributed by atoms with Crippen LogP contribution in [0.2, 0.25) is 0 Å². The second kappa shape index (κ2) is 13.3. The zero-order valence-corrected chi connectivity index (χ0v) is 15.7. The molecular formula is C22H38O2. The lowest BCUT2D eigenvalue weighted by molar-refractivity contribution is -0.140. The van der Waals surface area contributed by atoms with Gasteiger partial charge in [-0.2, -0.15) is 0 Å². The molecule has 0 spiro atoms. The highest BCUT2D eigenvalue weighted by atomic mass is 16.4. The number of carbonyl (C=O) groups is 1. The second-order valence-corrected chi connectivity index (χ2v) is 7.45. The third-order valence-corrected chi connectivity index (χ3v) is 5.52. The summed E-state index contributed by atoms with van der Waals surface area (Å²) in [6.07, 6.45) is 22.8. The van der Waals surface area contributed by atoms with Gasteiger partial charge in [-0.3, -0.25) is 4.79 Å². The van der Waals surface area contributed by atoms with E-state index in [4.69, 9.17) is 5.11 Å². The molecule has 1 N–H and O–H groups in total. The summed E-state index contributed by atoms with van der Waals surface area (Å²) in [6, 6.07) is 0. The molecule has 0 bridgehead atoms. The average molecular weight is 335 g/mol. The monoisotopic (exact) mass is 334 g/mol. The van der Waals surface area contributed by atoms with E-state index in [2.05, 4.69) is 25.7 Å². The minimum absolute atomic E-state index is 0.361. The van der Waals surface area contributed by atoms with Gasteiger partial charge in [0, 0.05) is 0 Å². The fourth-order valence-corrected chi connectivity index (χ4v) is 3.93. The summed E-state index contributed by atoms with van der Waals surface area (Å²) >= 11 is 0. The summed E-state index contributed by atoms with van der Waals surface area (Å²) in [5, 5.41) is 9.01. The van der Waals surface area contributed by atoms with Gasteiger partial charge in [-0.25, -0.2) is 0 Å². The van der Waals surface area contributed by atoms with Crippen molar-refractivity contribution in [3.05, 3.63) is 24.8 Å². The maximum absolute atomic E-state index is 11.0. The highest BCUT2D eigenvalue weighted by molar-refractivity contribution is 5.71. The Kier molecular flexibility index (Phi) is 11.6. The van der Waals surface area contributed by atoms with Gasteiger partial charge in [0.15, 0.2) is 0 Å². The second-order valence-electron chi connectivity index (χ2n) is 7.45. The summed E-state index contributed by atoms with van der Waals surface area (Å²) in [5.74, 6) is 0.576. The van der Waals surface area contributed by atoms with Crippen LogP contribution < -0.4 is 0 Å². The van der Waals surface area contributed by atoms with Crippen LogP contribution in [0.5, 0.6) is 0 Å². The van der Waals surface area contributed by atoms with Crippen molar-refractivity contribution in [3.63, 3.8) is 0 Å². The van der Waals surface area contributed by atoms with Crippen LogP contribution in [0.25, 0.3) is 0 Å². The molecule has 1 rings (SSSR count). The van der Waals surface area contributed by atoms with Gasteiger partial charge in [0.05, 0.1) is 5.92 Å². The number of hydrogen-bond acceptors (Lipinski definition) is 1. The Morgan fingerprint density at radius 2 is 1.96 bits per heavy atom. The quantitative estimate of drug-likeness (QED) is 0.281. The maximum Gasteiger partial charge on any atom is 0.310 e. The van der Waals surface area contributed by atoms with E-state index in [-0.39, 0.29) is 5.92 Å². The molecule has 1 unspecified atom stereocenters. The van der Waals surface area contributed by atoms with Crippen molar-refractivity contribution >= 4 is 5.97 Å². The molecular weight excluding hydrogens is 296 g/mol. The van der Waals surface area contributed by atoms with Crippen LogP contribution in [0.4, 0.5) is 0 Å². The van der Waals surface area contributed by atoms with E-state index in [1.54, 1.807) is 6.08 Å². The van der Waals surface area contributed by atoms with Crippen molar-refractivity contribution in [3.8, 4) is 0 Å². The van der Waals surface area contributed by atoms with Gasteiger partial charge in [0.1, 0.15) is 0 Å². The van der Waals surface area contributed by atoms with Crippen molar-refractivity contribution in [1.82, 2.24) is 0 Å². The molecule has 1 aliphatic carbocycles. The van der Waals surface area contributed by atoms with Gasteiger partial charge in [-0.05, 0) is 50.4 Å². The summed E-state index contributed by atoms with van der Waals surface area (Å²) in [5.41, 5.74) is 0. The van der Waals surface area contributed by atoms with Crippen molar-refractivity contribution < 1.29 is 9.90 Å². The molecule has 138 valence electrons. The molecule has 1 aliphatic rings. The number of aliphatic carboxylic acids is 1. The Balaban J connectivity index is 2.14. The van der Waals surface area contributed by atoms with E-state index >= 15 is 0 Å². The average Bonchev–Trinajstić information content (AvgIpc) is 3.01. The number of rotatable bonds is 14. The van der Waals surface area contributed by atoms with Gasteiger partial charge >= 0.3 is 5.97 Å². The van der Waals surface area contributed by atoms with Crippen LogP contribution in [-0.4, -0.2) is 11.1 Å². The highest BCUT2D eigenvalue weighted by Gasteiger charge is 2.24. The minimum atomic E-state index is -0.732. The van der Waals surface area contributed by atoms with Gasteiger partial charge < -0.3 is 5.11 Å². The molecule has 0 amide bonds. The summed E-state index contributed by atoms with van der Waals surface area (Å²) in [7, 11) is 0. The lowest BCUT2D eigenvalue weighted by Crippen LogP contribution is -2.10. The Hall–Kier alpha value is -1.05. The Morgan fingerprint density at radius 1 is 1.17 bits per heavy atom. The van der Waals surface area contributed by atoms with E-state index < -0.39 is 5.97 Å². The van der Waals surface area contributed by atoms with Crippen LogP contribution in [0.15, 0.2) is 24.8 Å². The molecule has 0 aliphatic heterocycles. The fraction of sp³-hybridized carbons (Fsp3) is 0.773. The Morgan fingerprint density at radius 3 is 2.67 bits per heavy atom. The Bertz CT molecular complexity index is 372. The molecule has 0 saturated heterocycles. The molecule has 0 aromatic carbocycles. The molecule has 24 heavy (non-hydrogen) atoms. The van der Waals surface area contributed by atoms with E-state index in [0.717, 1.165) is 31.1 Å². The van der Waals surface area contributed by atoms with Crippen molar-refractivity contribution in [1.29, 1.82) is 0 Å². The summed E-state index contributed by atoms with van der Waals surface area (Å²) in [6.45, 7) is 5.88. The molecule has 1 fully saturated rings. The fourth-order valence-electron chi connectivity index (χ4n) is 3.93. The number of unbranched alkanes of at least 4 members (excludes halogenated alkanes) is 6. The predicted molar refractivity (Wildman–Crippen MR) is 103 cm³/mol. The largest absolute Gasteiger partial charge is 0.481 e. The van der Waals surface area contributed by atoms with Gasteiger partial charge in [-0.15, -0.1) is 6.58 Å². The van der Waals surface area contributed by atoms with E-state index in [0.29, 0.717) is 0 Å². The smallest absolute Gasteiger partial charge is 0.310 e. The van der Waals surface area contributed by atoms with Crippen LogP contribution in [0.1, 0.15) is 90.4 Å². The van der Waals surface area contributed by atoms with E-state index in [1.807, 2.05) is 0 Å². The van der Waals surface area contributed by atoms with Crippen LogP contribution >= 0.6 is 0 Å². The normalized spacial score (nSPS) is 22.0. The lowest BCUT2D eigenvalue weighted by Gasteiger charge is -2.16. The zero-order valence-electron chi connectivity index (χ0n) is 15.7. The standard InChI is InChI=1S/C22H38O2/c1-3-5-6-7-8-10-15-20-17-13-18-21(20)16-12-9-11-14-19(4-2)22(23)24/h4,10,15,19-21H,2-3,5-9,11-14,16-18H2,1H3,(H,23,24)/t19?,20-,21-/m0/s1. The van der Waals surface area contributed by atoms with E-state index in [9.17, 15) is 4.79 Å². The zero-order chi connectivity index (χ0) is 17.6. The Labute approximate surface area is 149 Å². The maximum atomic E-state index is 11.0. The van der Waals surface area contributed by atoms with Gasteiger partial charge in [0.25, 0.3) is 0 Å². The third-order valence-electron chi connectivity index (χ3n) is 5.52. The van der Waals surface area contributed by atoms with Gasteiger partial charge in [-0.1, -0.05) is 70.1 Å².